The zero-order valence-corrected chi connectivity index (χ0v) is 22.4. The average molecular weight is 547 g/mol. The van der Waals surface area contributed by atoms with E-state index in [1.54, 1.807) is 19.9 Å². The van der Waals surface area contributed by atoms with E-state index in [2.05, 4.69) is 0 Å². The topological polar surface area (TPSA) is 163 Å². The summed E-state index contributed by atoms with van der Waals surface area (Å²) in [5.74, 6) is -3.28. The SMILES string of the molecule is CC1C(OC(=O)C=Cc2ccccc2)C(O)C2(C)C(C(=O)C(O)CC2(O)CO)C1(C)C1CC2(O)CCOC2O1. The van der Waals surface area contributed by atoms with E-state index in [0.717, 1.165) is 5.56 Å². The fraction of sp³-hybridized carbons (Fsp3) is 0.655. The van der Waals surface area contributed by atoms with Gasteiger partial charge in [-0.2, -0.15) is 0 Å². The van der Waals surface area contributed by atoms with Crippen LogP contribution in [0.3, 0.4) is 0 Å². The lowest BCUT2D eigenvalue weighted by Crippen LogP contribution is -2.77. The molecule has 1 aromatic carbocycles. The van der Waals surface area contributed by atoms with Crippen molar-refractivity contribution in [2.24, 2.45) is 22.7 Å². The van der Waals surface area contributed by atoms with Crippen molar-refractivity contribution in [3.8, 4) is 0 Å². The minimum Gasteiger partial charge on any atom is -0.456 e. The van der Waals surface area contributed by atoms with Crippen molar-refractivity contribution in [3.05, 3.63) is 42.0 Å². The van der Waals surface area contributed by atoms with Gasteiger partial charge in [0.1, 0.15) is 23.9 Å². The molecule has 2 heterocycles. The predicted molar refractivity (Wildman–Crippen MR) is 137 cm³/mol. The molecule has 0 radical (unpaired) electrons. The number of hydrogen-bond acceptors (Lipinski definition) is 10. The van der Waals surface area contributed by atoms with Crippen LogP contribution in [0.4, 0.5) is 0 Å². The minimum atomic E-state index is -2.09. The van der Waals surface area contributed by atoms with Crippen LogP contribution in [0.25, 0.3) is 6.08 Å². The maximum Gasteiger partial charge on any atom is 0.331 e. The van der Waals surface area contributed by atoms with Gasteiger partial charge in [-0.15, -0.1) is 0 Å². The standard InChI is InChI=1S/C29H38O10/c1-16-22(39-20(32)10-9-17-7-5-4-6-8-17)24(34)27(3)23(21(33)18(31)13-29(27,36)15-30)26(16,2)19-14-28(35)11-12-37-25(28)38-19/h4-10,16,18-19,22-25,30-31,34-36H,11-15H2,1-3H3. The number of carbonyl (C=O) groups is 2. The van der Waals surface area contributed by atoms with Gasteiger partial charge in [0.05, 0.1) is 24.9 Å². The van der Waals surface area contributed by atoms with Gasteiger partial charge in [0.25, 0.3) is 0 Å². The summed E-state index contributed by atoms with van der Waals surface area (Å²) in [6, 6.07) is 9.11. The molecule has 4 fully saturated rings. The summed E-state index contributed by atoms with van der Waals surface area (Å²) < 4.78 is 17.6. The van der Waals surface area contributed by atoms with Crippen LogP contribution in [0.15, 0.2) is 36.4 Å². The summed E-state index contributed by atoms with van der Waals surface area (Å²) in [5.41, 5.74) is -5.60. The summed E-state index contributed by atoms with van der Waals surface area (Å²) in [5, 5.41) is 55.7. The molecule has 11 unspecified atom stereocenters. The Labute approximate surface area is 227 Å². The number of rotatable bonds is 5. The second kappa shape index (κ2) is 9.73. The first-order chi connectivity index (χ1) is 18.3. The minimum absolute atomic E-state index is 0.108. The van der Waals surface area contributed by atoms with Gasteiger partial charge >= 0.3 is 5.97 Å². The maximum atomic E-state index is 13.7. The molecule has 10 nitrogen and oxygen atoms in total. The van der Waals surface area contributed by atoms with E-state index in [9.17, 15) is 35.1 Å². The molecule has 0 spiro atoms. The Morgan fingerprint density at radius 3 is 2.49 bits per heavy atom. The monoisotopic (exact) mass is 546 g/mol. The molecule has 1 aromatic rings. The predicted octanol–water partition coefficient (Wildman–Crippen LogP) is 0.575. The smallest absolute Gasteiger partial charge is 0.331 e. The van der Waals surface area contributed by atoms with Gasteiger partial charge in [-0.05, 0) is 11.6 Å². The van der Waals surface area contributed by atoms with E-state index >= 15 is 0 Å². The Hall–Kier alpha value is -2.18. The highest BCUT2D eigenvalue weighted by Crippen LogP contribution is 2.65. The second-order valence-electron chi connectivity index (χ2n) is 12.2. The van der Waals surface area contributed by atoms with Crippen molar-refractivity contribution in [2.75, 3.05) is 13.2 Å². The van der Waals surface area contributed by atoms with E-state index in [0.29, 0.717) is 13.0 Å². The van der Waals surface area contributed by atoms with Crippen molar-refractivity contribution in [3.63, 3.8) is 0 Å². The van der Waals surface area contributed by atoms with Gasteiger partial charge in [-0.3, -0.25) is 4.79 Å². The van der Waals surface area contributed by atoms with Crippen LogP contribution < -0.4 is 0 Å². The second-order valence-corrected chi connectivity index (χ2v) is 12.2. The molecule has 39 heavy (non-hydrogen) atoms. The Morgan fingerprint density at radius 2 is 1.85 bits per heavy atom. The van der Waals surface area contributed by atoms with E-state index in [1.807, 2.05) is 30.3 Å². The van der Waals surface area contributed by atoms with Crippen molar-refractivity contribution in [2.45, 2.75) is 81.9 Å². The third-order valence-corrected chi connectivity index (χ3v) is 10.3. The number of ketones is 1. The zero-order chi connectivity index (χ0) is 28.4. The molecule has 5 rings (SSSR count). The summed E-state index contributed by atoms with van der Waals surface area (Å²) in [6.07, 6.45) is -3.35. The molecule has 0 bridgehead atoms. The molecule has 4 aliphatic rings. The Kier molecular flexibility index (Phi) is 7.07. The largest absolute Gasteiger partial charge is 0.456 e. The highest BCUT2D eigenvalue weighted by molar-refractivity contribution is 5.89. The van der Waals surface area contributed by atoms with Crippen LogP contribution in [0, 0.1) is 22.7 Å². The maximum absolute atomic E-state index is 13.7. The highest BCUT2D eigenvalue weighted by atomic mass is 16.7. The molecule has 214 valence electrons. The van der Waals surface area contributed by atoms with Gasteiger partial charge in [0.2, 0.25) is 0 Å². The number of ether oxygens (including phenoxy) is 3. The summed E-state index contributed by atoms with van der Waals surface area (Å²) >= 11 is 0. The number of hydrogen-bond donors (Lipinski definition) is 5. The lowest BCUT2D eigenvalue weighted by atomic mass is 9.40. The summed E-state index contributed by atoms with van der Waals surface area (Å²) in [4.78, 5) is 26.7. The van der Waals surface area contributed by atoms with Gasteiger partial charge < -0.3 is 39.7 Å². The van der Waals surface area contributed by atoms with Crippen molar-refractivity contribution in [1.82, 2.24) is 0 Å². The van der Waals surface area contributed by atoms with Crippen LogP contribution >= 0.6 is 0 Å². The van der Waals surface area contributed by atoms with Crippen molar-refractivity contribution in [1.29, 1.82) is 0 Å². The lowest BCUT2D eigenvalue weighted by Gasteiger charge is -2.66. The van der Waals surface area contributed by atoms with Gasteiger partial charge in [0, 0.05) is 48.0 Å². The van der Waals surface area contributed by atoms with Crippen LogP contribution in [-0.4, -0.2) is 92.4 Å². The van der Waals surface area contributed by atoms with Crippen LogP contribution in [0.1, 0.15) is 45.6 Å². The van der Waals surface area contributed by atoms with Crippen LogP contribution in [0.5, 0.6) is 0 Å². The quantitative estimate of drug-likeness (QED) is 0.261. The van der Waals surface area contributed by atoms with Gasteiger partial charge in [-0.1, -0.05) is 51.1 Å². The number of fused-ring (bicyclic) bond motifs is 2. The molecule has 11 atom stereocenters. The van der Waals surface area contributed by atoms with E-state index in [1.165, 1.54) is 13.0 Å². The highest BCUT2D eigenvalue weighted by Gasteiger charge is 2.75. The van der Waals surface area contributed by atoms with Crippen LogP contribution in [0.2, 0.25) is 0 Å². The molecular weight excluding hydrogens is 508 g/mol. The number of aliphatic hydroxyl groups excluding tert-OH is 3. The Morgan fingerprint density at radius 1 is 1.15 bits per heavy atom. The van der Waals surface area contributed by atoms with E-state index in [-0.39, 0.29) is 6.42 Å². The van der Waals surface area contributed by atoms with Crippen LogP contribution in [-0.2, 0) is 23.8 Å². The molecule has 2 saturated heterocycles. The summed E-state index contributed by atoms with van der Waals surface area (Å²) in [6.45, 7) is 4.40. The van der Waals surface area contributed by atoms with E-state index < -0.39 is 89.4 Å². The Bertz CT molecular complexity index is 1140. The zero-order valence-electron chi connectivity index (χ0n) is 22.4. The fourth-order valence-electron chi connectivity index (χ4n) is 7.67. The van der Waals surface area contributed by atoms with Gasteiger partial charge in [-0.25, -0.2) is 4.79 Å². The molecular formula is C29H38O10. The first-order valence-corrected chi connectivity index (χ1v) is 13.5. The Balaban J connectivity index is 1.56. The molecule has 0 aromatic heterocycles. The molecule has 0 amide bonds. The average Bonchev–Trinajstić information content (AvgIpc) is 3.43. The third-order valence-electron chi connectivity index (χ3n) is 10.3. The molecule has 2 aliphatic carbocycles. The molecule has 5 N–H and O–H groups in total. The van der Waals surface area contributed by atoms with E-state index in [4.69, 9.17) is 14.2 Å². The molecule has 2 saturated carbocycles. The number of carbonyl (C=O) groups excluding carboxylic acids is 2. The number of benzene rings is 1. The third kappa shape index (κ3) is 4.11. The van der Waals surface area contributed by atoms with Gasteiger partial charge in [0.15, 0.2) is 12.1 Å². The number of Topliss-reactive ketones (excluding diaryl/α,β-unsaturated/α-hetero) is 1. The molecule has 2 aliphatic heterocycles. The number of esters is 1. The first kappa shape index (κ1) is 28.4. The number of aliphatic hydroxyl groups is 5. The van der Waals surface area contributed by atoms with Crippen molar-refractivity contribution < 1.29 is 49.3 Å². The summed E-state index contributed by atoms with van der Waals surface area (Å²) in [7, 11) is 0. The fourth-order valence-corrected chi connectivity index (χ4v) is 7.67. The van der Waals surface area contributed by atoms with Crippen molar-refractivity contribution >= 4 is 17.8 Å². The lowest BCUT2D eigenvalue weighted by molar-refractivity contribution is -0.301. The molecule has 10 heteroatoms. The first-order valence-electron chi connectivity index (χ1n) is 13.5. The normalized spacial score (nSPS) is 47.7.